The molecule has 0 aliphatic rings. The van der Waals surface area contributed by atoms with Gasteiger partial charge in [-0.1, -0.05) is 36.8 Å². The van der Waals surface area contributed by atoms with Gasteiger partial charge in [0.05, 0.1) is 0 Å². The van der Waals surface area contributed by atoms with E-state index in [4.69, 9.17) is 0 Å². The summed E-state index contributed by atoms with van der Waals surface area (Å²) in [6, 6.07) is 8.54. The minimum Gasteiger partial charge on any atom is -0.373 e. The Balaban J connectivity index is 2.32. The second-order valence-electron chi connectivity index (χ2n) is 4.83. The number of benzene rings is 1. The second-order valence-corrected chi connectivity index (χ2v) is 4.83. The van der Waals surface area contributed by atoms with E-state index in [0.717, 1.165) is 35.7 Å². The molecule has 2 aromatic rings. The number of anilines is 1. The van der Waals surface area contributed by atoms with E-state index in [2.05, 4.69) is 60.3 Å². The van der Waals surface area contributed by atoms with Crippen molar-refractivity contribution in [3.05, 3.63) is 52.5 Å². The molecule has 1 aromatic carbocycles. The van der Waals surface area contributed by atoms with Crippen molar-refractivity contribution in [3.63, 3.8) is 0 Å². The summed E-state index contributed by atoms with van der Waals surface area (Å²) in [5.41, 5.74) is 4.80. The number of aromatic nitrogens is 2. The summed E-state index contributed by atoms with van der Waals surface area (Å²) in [6.45, 7) is 6.30. The van der Waals surface area contributed by atoms with Gasteiger partial charge >= 0.3 is 0 Å². The van der Waals surface area contributed by atoms with Crippen molar-refractivity contribution in [1.82, 2.24) is 9.97 Å². The van der Waals surface area contributed by atoms with E-state index >= 15 is 0 Å². The van der Waals surface area contributed by atoms with Crippen molar-refractivity contribution in [2.45, 2.75) is 33.6 Å². The number of nitrogens with one attached hydrogen (secondary N) is 1. The van der Waals surface area contributed by atoms with Gasteiger partial charge in [-0.25, -0.2) is 9.97 Å². The fourth-order valence-corrected chi connectivity index (χ4v) is 2.17. The third-order valence-electron chi connectivity index (χ3n) is 3.35. The van der Waals surface area contributed by atoms with E-state index in [9.17, 15) is 0 Å². The lowest BCUT2D eigenvalue weighted by molar-refractivity contribution is 0.891. The van der Waals surface area contributed by atoms with E-state index in [1.54, 1.807) is 0 Å². The third-order valence-corrected chi connectivity index (χ3v) is 3.35. The van der Waals surface area contributed by atoms with Gasteiger partial charge in [0, 0.05) is 24.7 Å². The Hall–Kier alpha value is -1.90. The summed E-state index contributed by atoms with van der Waals surface area (Å²) >= 11 is 0. The van der Waals surface area contributed by atoms with Gasteiger partial charge in [-0.05, 0) is 25.8 Å². The predicted octanol–water partition coefficient (Wildman–Crippen LogP) is 3.29. The molecule has 3 heteroatoms. The normalized spacial score (nSPS) is 10.5. The van der Waals surface area contributed by atoms with E-state index in [1.165, 1.54) is 11.1 Å². The van der Waals surface area contributed by atoms with Crippen molar-refractivity contribution in [3.8, 4) is 0 Å². The Morgan fingerprint density at radius 3 is 2.32 bits per heavy atom. The number of nitrogens with zero attached hydrogens (tertiary/aromatic N) is 2. The van der Waals surface area contributed by atoms with Gasteiger partial charge in [0.1, 0.15) is 11.6 Å². The topological polar surface area (TPSA) is 37.8 Å². The molecule has 0 aliphatic heterocycles. The molecule has 0 bridgehead atoms. The molecule has 0 radical (unpaired) electrons. The lowest BCUT2D eigenvalue weighted by atomic mass is 10.1. The van der Waals surface area contributed by atoms with Crippen molar-refractivity contribution in [2.75, 3.05) is 12.4 Å². The largest absolute Gasteiger partial charge is 0.373 e. The van der Waals surface area contributed by atoms with E-state index in [0.29, 0.717) is 0 Å². The quantitative estimate of drug-likeness (QED) is 0.911. The summed E-state index contributed by atoms with van der Waals surface area (Å²) in [4.78, 5) is 9.26. The Bertz CT molecular complexity index is 534. The Morgan fingerprint density at radius 1 is 1.05 bits per heavy atom. The van der Waals surface area contributed by atoms with Crippen LogP contribution in [0.5, 0.6) is 0 Å². The molecular formula is C16H21N3. The maximum absolute atomic E-state index is 4.67. The van der Waals surface area contributed by atoms with E-state index in [1.807, 2.05) is 7.05 Å². The zero-order valence-electron chi connectivity index (χ0n) is 12.1. The average molecular weight is 255 g/mol. The fraction of sp³-hybridized carbons (Fsp3) is 0.375. The molecule has 0 saturated carbocycles. The van der Waals surface area contributed by atoms with Crippen LogP contribution < -0.4 is 5.32 Å². The minimum atomic E-state index is 0.780. The molecule has 2 rings (SSSR count). The van der Waals surface area contributed by atoms with Crippen molar-refractivity contribution >= 4 is 5.82 Å². The lowest BCUT2D eigenvalue weighted by Gasteiger charge is -2.11. The standard InChI is InChI=1S/C16H21N3/c1-5-14-12(3)16(17-4)19-15(18-14)10-13-8-6-11(2)7-9-13/h6-9H,5,10H2,1-4H3,(H,17,18,19). The molecule has 1 N–H and O–H groups in total. The van der Waals surface area contributed by atoms with Gasteiger partial charge in [-0.2, -0.15) is 0 Å². The molecule has 0 aliphatic carbocycles. The van der Waals surface area contributed by atoms with Crippen LogP contribution in [0, 0.1) is 13.8 Å². The predicted molar refractivity (Wildman–Crippen MR) is 79.7 cm³/mol. The van der Waals surface area contributed by atoms with Crippen molar-refractivity contribution in [1.29, 1.82) is 0 Å². The first-order chi connectivity index (χ1) is 9.13. The number of rotatable bonds is 4. The second kappa shape index (κ2) is 5.83. The van der Waals surface area contributed by atoms with Gasteiger partial charge < -0.3 is 5.32 Å². The molecule has 0 spiro atoms. The Morgan fingerprint density at radius 2 is 1.74 bits per heavy atom. The van der Waals surface area contributed by atoms with Crippen LogP contribution in [0.15, 0.2) is 24.3 Å². The zero-order chi connectivity index (χ0) is 13.8. The van der Waals surface area contributed by atoms with Gasteiger partial charge in [0.15, 0.2) is 0 Å². The molecule has 0 fully saturated rings. The SMILES string of the molecule is CCc1nc(Cc2ccc(C)cc2)nc(NC)c1C. The van der Waals surface area contributed by atoms with Gasteiger partial charge in [0.25, 0.3) is 0 Å². The minimum absolute atomic E-state index is 0.780. The van der Waals surface area contributed by atoms with Gasteiger partial charge in [0.2, 0.25) is 0 Å². The summed E-state index contributed by atoms with van der Waals surface area (Å²) in [5, 5.41) is 3.15. The highest BCUT2D eigenvalue weighted by Gasteiger charge is 2.09. The first kappa shape index (κ1) is 13.5. The first-order valence-electron chi connectivity index (χ1n) is 6.73. The molecule has 0 amide bonds. The van der Waals surface area contributed by atoms with E-state index < -0.39 is 0 Å². The maximum Gasteiger partial charge on any atom is 0.135 e. The maximum atomic E-state index is 4.67. The van der Waals surface area contributed by atoms with Gasteiger partial charge in [-0.3, -0.25) is 0 Å². The van der Waals surface area contributed by atoms with Crippen LogP contribution in [-0.2, 0) is 12.8 Å². The zero-order valence-corrected chi connectivity index (χ0v) is 12.1. The Kier molecular flexibility index (Phi) is 4.15. The molecule has 3 nitrogen and oxygen atoms in total. The number of hydrogen-bond donors (Lipinski definition) is 1. The van der Waals surface area contributed by atoms with Crippen molar-refractivity contribution in [2.24, 2.45) is 0 Å². The fourth-order valence-electron chi connectivity index (χ4n) is 2.17. The molecule has 0 atom stereocenters. The number of hydrogen-bond acceptors (Lipinski definition) is 3. The third kappa shape index (κ3) is 3.11. The summed E-state index contributed by atoms with van der Waals surface area (Å²) in [7, 11) is 1.91. The molecule has 1 heterocycles. The highest BCUT2D eigenvalue weighted by atomic mass is 15.0. The molecule has 0 unspecified atom stereocenters. The van der Waals surface area contributed by atoms with Crippen molar-refractivity contribution < 1.29 is 0 Å². The van der Waals surface area contributed by atoms with Gasteiger partial charge in [-0.15, -0.1) is 0 Å². The van der Waals surface area contributed by atoms with Crippen LogP contribution in [0.4, 0.5) is 5.82 Å². The molecule has 19 heavy (non-hydrogen) atoms. The summed E-state index contributed by atoms with van der Waals surface area (Å²) in [6.07, 6.45) is 1.71. The highest BCUT2D eigenvalue weighted by Crippen LogP contribution is 2.17. The summed E-state index contributed by atoms with van der Waals surface area (Å²) < 4.78 is 0. The van der Waals surface area contributed by atoms with Crippen LogP contribution >= 0.6 is 0 Å². The Labute approximate surface area is 115 Å². The van der Waals surface area contributed by atoms with Crippen LogP contribution in [0.1, 0.15) is 35.1 Å². The lowest BCUT2D eigenvalue weighted by Crippen LogP contribution is -2.07. The number of aryl methyl sites for hydroxylation is 2. The van der Waals surface area contributed by atoms with Crippen LogP contribution in [0.2, 0.25) is 0 Å². The molecule has 100 valence electrons. The first-order valence-corrected chi connectivity index (χ1v) is 6.73. The molecule has 0 saturated heterocycles. The summed E-state index contributed by atoms with van der Waals surface area (Å²) in [5.74, 6) is 1.82. The van der Waals surface area contributed by atoms with Crippen LogP contribution in [-0.4, -0.2) is 17.0 Å². The van der Waals surface area contributed by atoms with Crippen LogP contribution in [0.25, 0.3) is 0 Å². The van der Waals surface area contributed by atoms with Crippen LogP contribution in [0.3, 0.4) is 0 Å². The average Bonchev–Trinajstić information content (AvgIpc) is 2.43. The smallest absolute Gasteiger partial charge is 0.135 e. The monoisotopic (exact) mass is 255 g/mol. The highest BCUT2D eigenvalue weighted by molar-refractivity contribution is 5.45. The molecule has 1 aromatic heterocycles. The molecular weight excluding hydrogens is 234 g/mol. The van der Waals surface area contributed by atoms with E-state index in [-0.39, 0.29) is 0 Å².